The predicted molar refractivity (Wildman–Crippen MR) is 65.2 cm³/mol. The highest BCUT2D eigenvalue weighted by atomic mass is 35.5. The van der Waals surface area contributed by atoms with Gasteiger partial charge in [-0.2, -0.15) is 0 Å². The summed E-state index contributed by atoms with van der Waals surface area (Å²) < 4.78 is 10.7. The fourth-order valence-electron chi connectivity index (χ4n) is 2.49. The van der Waals surface area contributed by atoms with Gasteiger partial charge in [0.1, 0.15) is 0 Å². The van der Waals surface area contributed by atoms with E-state index in [9.17, 15) is 4.79 Å². The first-order valence-corrected chi connectivity index (χ1v) is 6.89. The summed E-state index contributed by atoms with van der Waals surface area (Å²) in [6.45, 7) is 3.19. The van der Waals surface area contributed by atoms with Crippen LogP contribution in [-0.2, 0) is 14.3 Å². The van der Waals surface area contributed by atoms with Crippen LogP contribution in [0.1, 0.15) is 19.3 Å². The van der Waals surface area contributed by atoms with Gasteiger partial charge in [0.05, 0.1) is 19.8 Å². The topological polar surface area (TPSA) is 38.8 Å². The highest BCUT2D eigenvalue weighted by molar-refractivity contribution is 6.17. The zero-order valence-corrected chi connectivity index (χ0v) is 10.8. The SMILES string of the molecule is O=C(C1COCCO1)N1CCCC(CCCl)C1. The Kier molecular flexibility index (Phi) is 5.07. The molecule has 0 radical (unpaired) electrons. The highest BCUT2D eigenvalue weighted by Gasteiger charge is 2.30. The molecule has 1 amide bonds. The molecule has 5 heteroatoms. The maximum atomic E-state index is 12.2. The second-order valence-corrected chi connectivity index (χ2v) is 5.08. The summed E-state index contributed by atoms with van der Waals surface area (Å²) >= 11 is 5.76. The van der Waals surface area contributed by atoms with Gasteiger partial charge in [-0.1, -0.05) is 0 Å². The minimum atomic E-state index is -0.390. The van der Waals surface area contributed by atoms with Crippen LogP contribution < -0.4 is 0 Å². The van der Waals surface area contributed by atoms with Crippen LogP contribution in [0.4, 0.5) is 0 Å². The summed E-state index contributed by atoms with van der Waals surface area (Å²) in [5, 5.41) is 0. The maximum Gasteiger partial charge on any atom is 0.254 e. The molecule has 2 atom stereocenters. The van der Waals surface area contributed by atoms with Crippen molar-refractivity contribution in [3.8, 4) is 0 Å². The molecule has 98 valence electrons. The molecule has 0 N–H and O–H groups in total. The zero-order valence-electron chi connectivity index (χ0n) is 10.1. The molecule has 0 spiro atoms. The van der Waals surface area contributed by atoms with Crippen molar-refractivity contribution < 1.29 is 14.3 Å². The summed E-state index contributed by atoms with van der Waals surface area (Å²) in [7, 11) is 0. The van der Waals surface area contributed by atoms with Gasteiger partial charge in [0, 0.05) is 19.0 Å². The van der Waals surface area contributed by atoms with E-state index >= 15 is 0 Å². The maximum absolute atomic E-state index is 12.2. The molecule has 2 rings (SSSR count). The number of rotatable bonds is 3. The molecule has 2 heterocycles. The zero-order chi connectivity index (χ0) is 12.1. The molecular formula is C12H20ClNO3. The molecule has 2 aliphatic rings. The number of amides is 1. The number of nitrogens with zero attached hydrogens (tertiary/aromatic N) is 1. The Morgan fingerprint density at radius 2 is 2.29 bits per heavy atom. The average molecular weight is 262 g/mol. The van der Waals surface area contributed by atoms with E-state index in [1.807, 2.05) is 4.90 Å². The lowest BCUT2D eigenvalue weighted by Crippen LogP contribution is -2.48. The van der Waals surface area contributed by atoms with E-state index < -0.39 is 6.10 Å². The molecule has 17 heavy (non-hydrogen) atoms. The van der Waals surface area contributed by atoms with Crippen molar-refractivity contribution in [2.24, 2.45) is 5.92 Å². The predicted octanol–water partition coefficient (Wildman–Crippen LogP) is 1.27. The van der Waals surface area contributed by atoms with Crippen molar-refractivity contribution in [1.29, 1.82) is 0 Å². The second-order valence-electron chi connectivity index (χ2n) is 4.70. The molecule has 0 aromatic rings. The first-order chi connectivity index (χ1) is 8.31. The van der Waals surface area contributed by atoms with Gasteiger partial charge in [0.25, 0.3) is 5.91 Å². The molecule has 4 nitrogen and oxygen atoms in total. The Bertz CT molecular complexity index is 254. The van der Waals surface area contributed by atoms with Gasteiger partial charge in [0.2, 0.25) is 0 Å². The van der Waals surface area contributed by atoms with Gasteiger partial charge in [-0.15, -0.1) is 11.6 Å². The summed E-state index contributed by atoms with van der Waals surface area (Å²) in [5.74, 6) is 1.31. The Hall–Kier alpha value is -0.320. The summed E-state index contributed by atoms with van der Waals surface area (Å²) in [5.41, 5.74) is 0. The molecule has 0 aliphatic carbocycles. The lowest BCUT2D eigenvalue weighted by molar-refractivity contribution is -0.159. The lowest BCUT2D eigenvalue weighted by Gasteiger charge is -2.35. The third-order valence-electron chi connectivity index (χ3n) is 3.44. The number of halogens is 1. The van der Waals surface area contributed by atoms with Gasteiger partial charge < -0.3 is 14.4 Å². The van der Waals surface area contributed by atoms with E-state index in [0.29, 0.717) is 31.6 Å². The van der Waals surface area contributed by atoms with Crippen LogP contribution >= 0.6 is 11.6 Å². The molecule has 0 aromatic heterocycles. The first-order valence-electron chi connectivity index (χ1n) is 6.35. The van der Waals surface area contributed by atoms with Crippen LogP contribution in [0.2, 0.25) is 0 Å². The minimum Gasteiger partial charge on any atom is -0.376 e. The Balaban J connectivity index is 1.85. The van der Waals surface area contributed by atoms with E-state index in [2.05, 4.69) is 0 Å². The second kappa shape index (κ2) is 6.57. The van der Waals surface area contributed by atoms with Crippen molar-refractivity contribution in [2.45, 2.75) is 25.4 Å². The van der Waals surface area contributed by atoms with E-state index in [1.54, 1.807) is 0 Å². The molecule has 2 saturated heterocycles. The minimum absolute atomic E-state index is 0.0870. The fourth-order valence-corrected chi connectivity index (χ4v) is 2.80. The lowest BCUT2D eigenvalue weighted by atomic mass is 9.95. The normalized spacial score (nSPS) is 30.3. The van der Waals surface area contributed by atoms with Crippen molar-refractivity contribution in [1.82, 2.24) is 4.90 Å². The van der Waals surface area contributed by atoms with Crippen LogP contribution in [0.3, 0.4) is 0 Å². The summed E-state index contributed by atoms with van der Waals surface area (Å²) in [4.78, 5) is 14.1. The Morgan fingerprint density at radius 1 is 1.41 bits per heavy atom. The Labute approximate surface area is 107 Å². The van der Waals surface area contributed by atoms with E-state index in [4.69, 9.17) is 21.1 Å². The van der Waals surface area contributed by atoms with Crippen LogP contribution in [0.25, 0.3) is 0 Å². The molecule has 0 bridgehead atoms. The summed E-state index contributed by atoms with van der Waals surface area (Å²) in [6, 6.07) is 0. The van der Waals surface area contributed by atoms with Gasteiger partial charge in [-0.3, -0.25) is 4.79 Å². The van der Waals surface area contributed by atoms with E-state index in [0.717, 1.165) is 25.9 Å². The first kappa shape index (κ1) is 13.1. The number of piperidine rings is 1. The monoisotopic (exact) mass is 261 g/mol. The van der Waals surface area contributed by atoms with E-state index in [-0.39, 0.29) is 5.91 Å². The number of carbonyl (C=O) groups is 1. The number of hydrogen-bond acceptors (Lipinski definition) is 3. The van der Waals surface area contributed by atoms with Gasteiger partial charge in [-0.05, 0) is 25.2 Å². The fraction of sp³-hybridized carbons (Fsp3) is 0.917. The molecular weight excluding hydrogens is 242 g/mol. The van der Waals surface area contributed by atoms with Crippen molar-refractivity contribution in [3.05, 3.63) is 0 Å². The summed E-state index contributed by atoms with van der Waals surface area (Å²) in [6.07, 6.45) is 2.85. The molecule has 2 fully saturated rings. The number of alkyl halides is 1. The largest absolute Gasteiger partial charge is 0.376 e. The quantitative estimate of drug-likeness (QED) is 0.719. The average Bonchev–Trinajstić information content (AvgIpc) is 2.40. The van der Waals surface area contributed by atoms with Crippen molar-refractivity contribution in [3.63, 3.8) is 0 Å². The van der Waals surface area contributed by atoms with Gasteiger partial charge in [-0.25, -0.2) is 0 Å². The van der Waals surface area contributed by atoms with Crippen LogP contribution in [-0.4, -0.2) is 55.7 Å². The number of likely N-dealkylation sites (tertiary alicyclic amines) is 1. The van der Waals surface area contributed by atoms with Crippen molar-refractivity contribution in [2.75, 3.05) is 38.8 Å². The standard InChI is InChI=1S/C12H20ClNO3/c13-4-3-10-2-1-5-14(8-10)12(15)11-9-16-6-7-17-11/h10-11H,1-9H2. The van der Waals surface area contributed by atoms with Gasteiger partial charge >= 0.3 is 0 Å². The van der Waals surface area contributed by atoms with E-state index in [1.165, 1.54) is 6.42 Å². The van der Waals surface area contributed by atoms with Gasteiger partial charge in [0.15, 0.2) is 6.10 Å². The third-order valence-corrected chi connectivity index (χ3v) is 3.66. The third kappa shape index (κ3) is 3.57. The Morgan fingerprint density at radius 3 is 3.00 bits per heavy atom. The smallest absolute Gasteiger partial charge is 0.254 e. The number of carbonyl (C=O) groups excluding carboxylic acids is 1. The highest BCUT2D eigenvalue weighted by Crippen LogP contribution is 2.21. The van der Waals surface area contributed by atoms with Crippen LogP contribution in [0.5, 0.6) is 0 Å². The molecule has 0 saturated carbocycles. The molecule has 2 aliphatic heterocycles. The number of hydrogen-bond donors (Lipinski definition) is 0. The van der Waals surface area contributed by atoms with Crippen LogP contribution in [0.15, 0.2) is 0 Å². The molecule has 2 unspecified atom stereocenters. The van der Waals surface area contributed by atoms with Crippen molar-refractivity contribution >= 4 is 17.5 Å². The number of ether oxygens (including phenoxy) is 2. The molecule has 0 aromatic carbocycles. The van der Waals surface area contributed by atoms with Crippen LogP contribution in [0, 0.1) is 5.92 Å².